The highest BCUT2D eigenvalue weighted by molar-refractivity contribution is 5.94. The number of fused-ring (bicyclic) bond motifs is 1. The van der Waals surface area contributed by atoms with Gasteiger partial charge in [-0.15, -0.1) is 0 Å². The molecule has 1 amide bonds. The molecule has 2 aliphatic carbocycles. The lowest BCUT2D eigenvalue weighted by molar-refractivity contribution is -0.117. The molecule has 3 rings (SSSR count). The van der Waals surface area contributed by atoms with Crippen LogP contribution in [0.1, 0.15) is 30.9 Å². The van der Waals surface area contributed by atoms with Gasteiger partial charge in [0.2, 0.25) is 5.91 Å². The Morgan fingerprint density at radius 1 is 1.31 bits per heavy atom. The first kappa shape index (κ1) is 9.88. The molecule has 0 heterocycles. The predicted octanol–water partition coefficient (Wildman–Crippen LogP) is 2.77. The zero-order valence-electron chi connectivity index (χ0n) is 9.62. The highest BCUT2D eigenvalue weighted by Gasteiger charge is 2.39. The molecule has 2 heteroatoms. The van der Waals surface area contributed by atoms with Gasteiger partial charge in [0.1, 0.15) is 0 Å². The SMILES string of the molecule is C[C@@H]1C[C@@H]1C(=O)Nc1ccc2c(c1)CCC2. The Bertz CT molecular complexity index is 438. The molecule has 0 radical (unpaired) electrons. The molecule has 16 heavy (non-hydrogen) atoms. The Morgan fingerprint density at radius 3 is 2.81 bits per heavy atom. The lowest BCUT2D eigenvalue weighted by atomic mass is 10.1. The van der Waals surface area contributed by atoms with Gasteiger partial charge in [0.05, 0.1) is 0 Å². The van der Waals surface area contributed by atoms with Gasteiger partial charge in [0.15, 0.2) is 0 Å². The summed E-state index contributed by atoms with van der Waals surface area (Å²) in [5, 5.41) is 3.03. The molecule has 0 saturated heterocycles. The second kappa shape index (κ2) is 3.62. The van der Waals surface area contributed by atoms with Crippen molar-refractivity contribution in [3.8, 4) is 0 Å². The van der Waals surface area contributed by atoms with Crippen LogP contribution in [0.15, 0.2) is 18.2 Å². The number of nitrogens with one attached hydrogen (secondary N) is 1. The fourth-order valence-electron chi connectivity index (χ4n) is 2.57. The van der Waals surface area contributed by atoms with Gasteiger partial charge in [-0.25, -0.2) is 0 Å². The molecule has 1 aromatic carbocycles. The first-order valence-corrected chi connectivity index (χ1v) is 6.17. The lowest BCUT2D eigenvalue weighted by Crippen LogP contribution is -2.14. The summed E-state index contributed by atoms with van der Waals surface area (Å²) < 4.78 is 0. The summed E-state index contributed by atoms with van der Waals surface area (Å²) in [6.07, 6.45) is 4.67. The maximum atomic E-state index is 11.8. The lowest BCUT2D eigenvalue weighted by Gasteiger charge is -2.06. The summed E-state index contributed by atoms with van der Waals surface area (Å²) >= 11 is 0. The number of carbonyl (C=O) groups excluding carboxylic acids is 1. The minimum absolute atomic E-state index is 0.199. The number of rotatable bonds is 2. The number of hydrogen-bond donors (Lipinski definition) is 1. The first-order valence-electron chi connectivity index (χ1n) is 6.17. The predicted molar refractivity (Wildman–Crippen MR) is 64.4 cm³/mol. The molecule has 1 aromatic rings. The third-order valence-electron chi connectivity index (χ3n) is 3.81. The normalized spacial score (nSPS) is 26.3. The Kier molecular flexibility index (Phi) is 2.23. The smallest absolute Gasteiger partial charge is 0.227 e. The van der Waals surface area contributed by atoms with E-state index >= 15 is 0 Å². The van der Waals surface area contributed by atoms with Crippen molar-refractivity contribution >= 4 is 11.6 Å². The van der Waals surface area contributed by atoms with E-state index < -0.39 is 0 Å². The van der Waals surface area contributed by atoms with Crippen LogP contribution in [-0.2, 0) is 17.6 Å². The monoisotopic (exact) mass is 215 g/mol. The van der Waals surface area contributed by atoms with Crippen molar-refractivity contribution in [2.24, 2.45) is 11.8 Å². The topological polar surface area (TPSA) is 29.1 Å². The molecule has 2 nitrogen and oxygen atoms in total. The number of carbonyl (C=O) groups is 1. The largest absolute Gasteiger partial charge is 0.326 e. The standard InChI is InChI=1S/C14H17NO/c1-9-7-13(9)14(16)15-12-6-5-10-3-2-4-11(10)8-12/h5-6,8-9,13H,2-4,7H2,1H3,(H,15,16)/t9-,13+/m1/s1. The summed E-state index contributed by atoms with van der Waals surface area (Å²) in [5.41, 5.74) is 3.85. The zero-order valence-corrected chi connectivity index (χ0v) is 9.62. The fourth-order valence-corrected chi connectivity index (χ4v) is 2.57. The van der Waals surface area contributed by atoms with Crippen LogP contribution < -0.4 is 5.32 Å². The summed E-state index contributed by atoms with van der Waals surface area (Å²) in [6, 6.07) is 6.34. The van der Waals surface area contributed by atoms with Crippen LogP contribution in [0.5, 0.6) is 0 Å². The van der Waals surface area contributed by atoms with Crippen molar-refractivity contribution in [3.63, 3.8) is 0 Å². The van der Waals surface area contributed by atoms with Crippen molar-refractivity contribution in [3.05, 3.63) is 29.3 Å². The van der Waals surface area contributed by atoms with Crippen LogP contribution in [0.2, 0.25) is 0 Å². The Balaban J connectivity index is 1.73. The molecule has 0 aromatic heterocycles. The quantitative estimate of drug-likeness (QED) is 0.807. The minimum atomic E-state index is 0.199. The molecule has 1 N–H and O–H groups in total. The maximum absolute atomic E-state index is 11.8. The average molecular weight is 215 g/mol. The Hall–Kier alpha value is -1.31. The molecule has 1 fully saturated rings. The zero-order chi connectivity index (χ0) is 11.1. The van der Waals surface area contributed by atoms with E-state index in [1.807, 2.05) is 6.07 Å². The van der Waals surface area contributed by atoms with Crippen LogP contribution in [0.4, 0.5) is 5.69 Å². The molecular formula is C14H17NO. The van der Waals surface area contributed by atoms with Gasteiger partial charge in [-0.05, 0) is 54.9 Å². The van der Waals surface area contributed by atoms with Gasteiger partial charge in [-0.2, -0.15) is 0 Å². The van der Waals surface area contributed by atoms with Crippen molar-refractivity contribution in [2.45, 2.75) is 32.6 Å². The van der Waals surface area contributed by atoms with E-state index in [9.17, 15) is 4.79 Å². The van der Waals surface area contributed by atoms with Crippen molar-refractivity contribution < 1.29 is 4.79 Å². The minimum Gasteiger partial charge on any atom is -0.326 e. The Morgan fingerprint density at radius 2 is 2.06 bits per heavy atom. The van der Waals surface area contributed by atoms with E-state index in [0.717, 1.165) is 12.1 Å². The first-order chi connectivity index (χ1) is 7.74. The second-order valence-electron chi connectivity index (χ2n) is 5.15. The van der Waals surface area contributed by atoms with Crippen LogP contribution in [-0.4, -0.2) is 5.91 Å². The highest BCUT2D eigenvalue weighted by atomic mass is 16.2. The van der Waals surface area contributed by atoms with Crippen LogP contribution in [0.3, 0.4) is 0 Å². The fraction of sp³-hybridized carbons (Fsp3) is 0.500. The molecule has 0 unspecified atom stereocenters. The van der Waals surface area contributed by atoms with E-state index in [0.29, 0.717) is 5.92 Å². The van der Waals surface area contributed by atoms with E-state index in [1.54, 1.807) is 0 Å². The van der Waals surface area contributed by atoms with E-state index in [2.05, 4.69) is 24.4 Å². The summed E-state index contributed by atoms with van der Waals surface area (Å²) in [6.45, 7) is 2.13. The van der Waals surface area contributed by atoms with E-state index in [-0.39, 0.29) is 11.8 Å². The molecule has 1 saturated carbocycles. The molecule has 84 valence electrons. The van der Waals surface area contributed by atoms with Gasteiger partial charge in [-0.3, -0.25) is 4.79 Å². The summed E-state index contributed by atoms with van der Waals surface area (Å²) in [5.74, 6) is 1.04. The molecule has 2 atom stereocenters. The van der Waals surface area contributed by atoms with E-state index in [1.165, 1.54) is 30.4 Å². The molecular weight excluding hydrogens is 198 g/mol. The van der Waals surface area contributed by atoms with Crippen molar-refractivity contribution in [2.75, 3.05) is 5.32 Å². The number of amides is 1. The number of anilines is 1. The third-order valence-corrected chi connectivity index (χ3v) is 3.81. The number of hydrogen-bond acceptors (Lipinski definition) is 1. The van der Waals surface area contributed by atoms with Gasteiger partial charge >= 0.3 is 0 Å². The summed E-state index contributed by atoms with van der Waals surface area (Å²) in [7, 11) is 0. The Labute approximate surface area is 96.1 Å². The van der Waals surface area contributed by atoms with Gasteiger partial charge in [-0.1, -0.05) is 13.0 Å². The van der Waals surface area contributed by atoms with Crippen LogP contribution in [0.25, 0.3) is 0 Å². The number of aryl methyl sites for hydroxylation is 2. The average Bonchev–Trinajstić information content (AvgIpc) is 2.83. The van der Waals surface area contributed by atoms with Gasteiger partial charge < -0.3 is 5.32 Å². The van der Waals surface area contributed by atoms with Crippen LogP contribution in [0, 0.1) is 11.8 Å². The molecule has 0 bridgehead atoms. The third kappa shape index (κ3) is 1.73. The maximum Gasteiger partial charge on any atom is 0.227 e. The van der Waals surface area contributed by atoms with Gasteiger partial charge in [0, 0.05) is 11.6 Å². The molecule has 0 spiro atoms. The molecule has 0 aliphatic heterocycles. The summed E-state index contributed by atoms with van der Waals surface area (Å²) in [4.78, 5) is 11.8. The molecule has 2 aliphatic rings. The number of benzene rings is 1. The van der Waals surface area contributed by atoms with Gasteiger partial charge in [0.25, 0.3) is 0 Å². The van der Waals surface area contributed by atoms with E-state index in [4.69, 9.17) is 0 Å². The van der Waals surface area contributed by atoms with Crippen molar-refractivity contribution in [1.29, 1.82) is 0 Å². The second-order valence-corrected chi connectivity index (χ2v) is 5.15. The van der Waals surface area contributed by atoms with Crippen molar-refractivity contribution in [1.82, 2.24) is 0 Å². The van der Waals surface area contributed by atoms with Crippen LogP contribution >= 0.6 is 0 Å². The highest BCUT2D eigenvalue weighted by Crippen LogP contribution is 2.38.